The molecule has 1 aromatic heterocycles. The normalized spacial score (nSPS) is 16.5. The van der Waals surface area contributed by atoms with Gasteiger partial charge in [0.15, 0.2) is 0 Å². The van der Waals surface area contributed by atoms with Crippen LogP contribution in [0.3, 0.4) is 0 Å². The maximum absolute atomic E-state index is 12.4. The molecule has 0 N–H and O–H groups in total. The highest BCUT2D eigenvalue weighted by molar-refractivity contribution is 5.76. The maximum Gasteiger partial charge on any atom is 0.351 e. The van der Waals surface area contributed by atoms with Gasteiger partial charge in [-0.25, -0.2) is 14.8 Å². The SMILES string of the molecule is O=C(OCC1CO1)C(COc1ccccc1)Oc1cnc2ccccc2n1. The highest BCUT2D eigenvalue weighted by Gasteiger charge is 2.29. The van der Waals surface area contributed by atoms with Gasteiger partial charge in [0.2, 0.25) is 12.0 Å². The van der Waals surface area contributed by atoms with E-state index in [2.05, 4.69) is 9.97 Å². The second kappa shape index (κ2) is 8.01. The van der Waals surface area contributed by atoms with Gasteiger partial charge in [-0.15, -0.1) is 0 Å². The Morgan fingerprint density at radius 3 is 2.63 bits per heavy atom. The minimum absolute atomic E-state index is 0.0110. The van der Waals surface area contributed by atoms with Crippen molar-refractivity contribution in [2.45, 2.75) is 12.2 Å². The van der Waals surface area contributed by atoms with E-state index in [1.54, 1.807) is 12.1 Å². The molecule has 0 radical (unpaired) electrons. The third kappa shape index (κ3) is 4.71. The van der Waals surface area contributed by atoms with E-state index >= 15 is 0 Å². The van der Waals surface area contributed by atoms with Crippen molar-refractivity contribution in [1.29, 1.82) is 0 Å². The lowest BCUT2D eigenvalue weighted by Crippen LogP contribution is -2.36. The molecule has 4 rings (SSSR count). The number of hydrogen-bond acceptors (Lipinski definition) is 7. The van der Waals surface area contributed by atoms with Crippen LogP contribution < -0.4 is 9.47 Å². The van der Waals surface area contributed by atoms with Crippen LogP contribution in [0.1, 0.15) is 0 Å². The first kappa shape index (κ1) is 17.2. The molecule has 138 valence electrons. The predicted molar refractivity (Wildman–Crippen MR) is 96.6 cm³/mol. The fourth-order valence-corrected chi connectivity index (χ4v) is 2.41. The number of fused-ring (bicyclic) bond motifs is 1. The molecule has 1 fully saturated rings. The van der Waals surface area contributed by atoms with Crippen LogP contribution in [0.4, 0.5) is 0 Å². The number of ether oxygens (including phenoxy) is 4. The van der Waals surface area contributed by atoms with Gasteiger partial charge in [-0.3, -0.25) is 0 Å². The van der Waals surface area contributed by atoms with Crippen LogP contribution in [0.15, 0.2) is 60.8 Å². The zero-order chi connectivity index (χ0) is 18.5. The molecule has 2 atom stereocenters. The van der Waals surface area contributed by atoms with Gasteiger partial charge < -0.3 is 18.9 Å². The quantitative estimate of drug-likeness (QED) is 0.447. The highest BCUT2D eigenvalue weighted by atomic mass is 16.6. The molecule has 0 spiro atoms. The molecule has 7 nitrogen and oxygen atoms in total. The van der Waals surface area contributed by atoms with E-state index in [1.165, 1.54) is 6.20 Å². The predicted octanol–water partition coefficient (Wildman–Crippen LogP) is 2.40. The molecule has 1 saturated heterocycles. The molecular weight excluding hydrogens is 348 g/mol. The van der Waals surface area contributed by atoms with Gasteiger partial charge in [-0.1, -0.05) is 30.3 Å². The van der Waals surface area contributed by atoms with E-state index in [1.807, 2.05) is 42.5 Å². The van der Waals surface area contributed by atoms with E-state index < -0.39 is 12.1 Å². The first-order valence-electron chi connectivity index (χ1n) is 8.62. The summed E-state index contributed by atoms with van der Waals surface area (Å²) in [6.45, 7) is 0.797. The number of esters is 1. The van der Waals surface area contributed by atoms with Gasteiger partial charge in [0.25, 0.3) is 0 Å². The third-order valence-corrected chi connectivity index (χ3v) is 3.91. The second-order valence-corrected chi connectivity index (χ2v) is 6.01. The van der Waals surface area contributed by atoms with Crippen molar-refractivity contribution >= 4 is 17.0 Å². The van der Waals surface area contributed by atoms with Gasteiger partial charge in [0, 0.05) is 0 Å². The van der Waals surface area contributed by atoms with E-state index in [9.17, 15) is 4.79 Å². The fraction of sp³-hybridized carbons (Fsp3) is 0.250. The lowest BCUT2D eigenvalue weighted by Gasteiger charge is -2.18. The lowest BCUT2D eigenvalue weighted by molar-refractivity contribution is -0.154. The van der Waals surface area contributed by atoms with Crippen LogP contribution >= 0.6 is 0 Å². The van der Waals surface area contributed by atoms with E-state index in [0.717, 1.165) is 5.52 Å². The second-order valence-electron chi connectivity index (χ2n) is 6.01. The lowest BCUT2D eigenvalue weighted by atomic mass is 10.3. The number of nitrogens with zero attached hydrogens (tertiary/aromatic N) is 2. The van der Waals surface area contributed by atoms with Crippen molar-refractivity contribution in [3.8, 4) is 11.6 Å². The number of epoxide rings is 1. The minimum Gasteiger partial charge on any atom is -0.489 e. The number of carbonyl (C=O) groups excluding carboxylic acids is 1. The largest absolute Gasteiger partial charge is 0.489 e. The Labute approximate surface area is 155 Å². The number of carbonyl (C=O) groups is 1. The monoisotopic (exact) mass is 366 g/mol. The first-order valence-corrected chi connectivity index (χ1v) is 8.62. The Hall–Kier alpha value is -3.19. The average molecular weight is 366 g/mol. The summed E-state index contributed by atoms with van der Waals surface area (Å²) in [5, 5.41) is 0. The smallest absolute Gasteiger partial charge is 0.351 e. The fourth-order valence-electron chi connectivity index (χ4n) is 2.41. The molecule has 1 aliphatic heterocycles. The molecule has 2 unspecified atom stereocenters. The topological polar surface area (TPSA) is 83.1 Å². The number of benzene rings is 2. The Balaban J connectivity index is 1.47. The number of aromatic nitrogens is 2. The van der Waals surface area contributed by atoms with E-state index in [-0.39, 0.29) is 25.2 Å². The summed E-state index contributed by atoms with van der Waals surface area (Å²) in [6.07, 6.45) is 0.485. The standard InChI is InChI=1S/C20H18N2O5/c23-20(26-12-15-11-24-15)18(13-25-14-6-2-1-3-7-14)27-19-10-21-16-8-4-5-9-17(16)22-19/h1-10,15,18H,11-13H2. The van der Waals surface area contributed by atoms with Crippen molar-refractivity contribution in [1.82, 2.24) is 9.97 Å². The van der Waals surface area contributed by atoms with Crippen LogP contribution in [0, 0.1) is 0 Å². The molecule has 2 aromatic carbocycles. The van der Waals surface area contributed by atoms with Crippen LogP contribution in [0.5, 0.6) is 11.6 Å². The van der Waals surface area contributed by atoms with Crippen molar-refractivity contribution < 1.29 is 23.7 Å². The van der Waals surface area contributed by atoms with Crippen LogP contribution in [0.25, 0.3) is 11.0 Å². The number of rotatable bonds is 8. The van der Waals surface area contributed by atoms with Crippen molar-refractivity contribution in [2.75, 3.05) is 19.8 Å². The summed E-state index contributed by atoms with van der Waals surface area (Å²) in [7, 11) is 0. The molecule has 0 bridgehead atoms. The molecule has 0 amide bonds. The Morgan fingerprint density at radius 1 is 1.11 bits per heavy atom. The van der Waals surface area contributed by atoms with Crippen molar-refractivity contribution in [3.05, 3.63) is 60.8 Å². The van der Waals surface area contributed by atoms with Gasteiger partial charge in [-0.2, -0.15) is 0 Å². The highest BCUT2D eigenvalue weighted by Crippen LogP contribution is 2.17. The summed E-state index contributed by atoms with van der Waals surface area (Å²) in [4.78, 5) is 21.1. The number of para-hydroxylation sites is 3. The minimum atomic E-state index is -0.973. The van der Waals surface area contributed by atoms with Gasteiger partial charge in [0.05, 0.1) is 23.8 Å². The maximum atomic E-state index is 12.4. The number of hydrogen-bond donors (Lipinski definition) is 0. The molecule has 1 aliphatic rings. The first-order chi connectivity index (χ1) is 13.3. The zero-order valence-corrected chi connectivity index (χ0v) is 14.5. The van der Waals surface area contributed by atoms with E-state index in [4.69, 9.17) is 18.9 Å². The van der Waals surface area contributed by atoms with Crippen molar-refractivity contribution in [2.24, 2.45) is 0 Å². The summed E-state index contributed by atoms with van der Waals surface area (Å²) >= 11 is 0. The zero-order valence-electron chi connectivity index (χ0n) is 14.5. The summed E-state index contributed by atoms with van der Waals surface area (Å²) in [5.74, 6) is 0.334. The van der Waals surface area contributed by atoms with Gasteiger partial charge in [0.1, 0.15) is 25.1 Å². The molecular formula is C20H18N2O5. The summed E-state index contributed by atoms with van der Waals surface area (Å²) < 4.78 is 21.7. The molecule has 0 aliphatic carbocycles. The van der Waals surface area contributed by atoms with Gasteiger partial charge in [-0.05, 0) is 24.3 Å². The summed E-state index contributed by atoms with van der Waals surface area (Å²) in [5.41, 5.74) is 1.42. The van der Waals surface area contributed by atoms with Crippen LogP contribution in [-0.4, -0.2) is 48.0 Å². The van der Waals surface area contributed by atoms with Crippen LogP contribution in [-0.2, 0) is 14.3 Å². The third-order valence-electron chi connectivity index (χ3n) is 3.91. The van der Waals surface area contributed by atoms with E-state index in [0.29, 0.717) is 17.9 Å². The molecule has 2 heterocycles. The summed E-state index contributed by atoms with van der Waals surface area (Å²) in [6, 6.07) is 16.6. The van der Waals surface area contributed by atoms with Crippen LogP contribution in [0.2, 0.25) is 0 Å². The molecule has 27 heavy (non-hydrogen) atoms. The van der Waals surface area contributed by atoms with Gasteiger partial charge >= 0.3 is 5.97 Å². The van der Waals surface area contributed by atoms with Crippen molar-refractivity contribution in [3.63, 3.8) is 0 Å². The molecule has 0 saturated carbocycles. The average Bonchev–Trinajstić information content (AvgIpc) is 3.54. The Kier molecular flexibility index (Phi) is 5.11. The molecule has 7 heteroatoms. The Morgan fingerprint density at radius 2 is 1.85 bits per heavy atom. The Bertz CT molecular complexity index is 914. The molecule has 3 aromatic rings.